The highest BCUT2D eigenvalue weighted by Crippen LogP contribution is 2.38. The normalized spacial score (nSPS) is 16.1. The van der Waals surface area contributed by atoms with Crippen molar-refractivity contribution >= 4 is 27.5 Å². The SMILES string of the molecule is O=C(c1cc(C(F)(F)F)cc(C(F)(F)F)c1)N1CCC(c2nc3ccccc3s2)CC1. The molecule has 1 amide bonds. The second-order valence-corrected chi connectivity index (χ2v) is 8.44. The van der Waals surface area contributed by atoms with Crippen molar-refractivity contribution in [3.63, 3.8) is 0 Å². The molecule has 31 heavy (non-hydrogen) atoms. The molecule has 1 aliphatic heterocycles. The second-order valence-electron chi connectivity index (χ2n) is 7.38. The van der Waals surface area contributed by atoms with Crippen LogP contribution >= 0.6 is 11.3 Å². The van der Waals surface area contributed by atoms with Crippen LogP contribution in [0.4, 0.5) is 26.3 Å². The molecule has 4 rings (SSSR count). The summed E-state index contributed by atoms with van der Waals surface area (Å²) in [7, 11) is 0. The van der Waals surface area contributed by atoms with Crippen LogP contribution in [0.1, 0.15) is 45.3 Å². The molecular weight excluding hydrogens is 442 g/mol. The highest BCUT2D eigenvalue weighted by atomic mass is 32.1. The molecule has 1 aliphatic rings. The zero-order valence-corrected chi connectivity index (χ0v) is 16.7. The standard InChI is InChI=1S/C21H16F6N2OS/c22-20(23,24)14-9-13(10-15(11-14)21(25,26)27)19(30)29-7-5-12(6-8-29)18-28-16-3-1-2-4-17(16)31-18/h1-4,9-12H,5-8H2. The van der Waals surface area contributed by atoms with Gasteiger partial charge in [-0.3, -0.25) is 4.79 Å². The van der Waals surface area contributed by atoms with Crippen molar-refractivity contribution in [1.29, 1.82) is 0 Å². The number of fused-ring (bicyclic) bond motifs is 1. The van der Waals surface area contributed by atoms with Crippen molar-refractivity contribution in [3.8, 4) is 0 Å². The van der Waals surface area contributed by atoms with Crippen LogP contribution < -0.4 is 0 Å². The molecular formula is C21H16F6N2OS. The monoisotopic (exact) mass is 458 g/mol. The van der Waals surface area contributed by atoms with Crippen molar-refractivity contribution < 1.29 is 31.1 Å². The molecule has 0 spiro atoms. The van der Waals surface area contributed by atoms with Crippen molar-refractivity contribution in [3.05, 3.63) is 64.2 Å². The zero-order valence-electron chi connectivity index (χ0n) is 15.9. The summed E-state index contributed by atoms with van der Waals surface area (Å²) in [6, 6.07) is 8.65. The summed E-state index contributed by atoms with van der Waals surface area (Å²) in [6.07, 6.45) is -8.90. The molecule has 1 aromatic heterocycles. The van der Waals surface area contributed by atoms with Gasteiger partial charge in [0.2, 0.25) is 0 Å². The Morgan fingerprint density at radius 1 is 0.935 bits per heavy atom. The van der Waals surface area contributed by atoms with Crippen molar-refractivity contribution in [2.75, 3.05) is 13.1 Å². The van der Waals surface area contributed by atoms with E-state index in [2.05, 4.69) is 4.98 Å². The number of benzene rings is 2. The highest BCUT2D eigenvalue weighted by molar-refractivity contribution is 7.18. The molecule has 1 fully saturated rings. The van der Waals surface area contributed by atoms with Gasteiger partial charge < -0.3 is 4.90 Å². The molecule has 0 aliphatic carbocycles. The van der Waals surface area contributed by atoms with Gasteiger partial charge in [-0.05, 0) is 43.2 Å². The van der Waals surface area contributed by atoms with Crippen LogP contribution in [0, 0.1) is 0 Å². The first-order valence-electron chi connectivity index (χ1n) is 9.46. The number of para-hydroxylation sites is 1. The molecule has 0 unspecified atom stereocenters. The van der Waals surface area contributed by atoms with Crippen LogP contribution in [-0.2, 0) is 12.4 Å². The van der Waals surface area contributed by atoms with Crippen LogP contribution in [-0.4, -0.2) is 28.9 Å². The van der Waals surface area contributed by atoms with Crippen molar-refractivity contribution in [1.82, 2.24) is 9.88 Å². The predicted octanol–water partition coefficient (Wildman–Crippen LogP) is 6.35. The molecule has 0 saturated carbocycles. The Morgan fingerprint density at radius 3 is 2.06 bits per heavy atom. The maximum Gasteiger partial charge on any atom is 0.416 e. The Labute approximate surface area is 177 Å². The van der Waals surface area contributed by atoms with E-state index >= 15 is 0 Å². The number of alkyl halides is 6. The van der Waals surface area contributed by atoms with E-state index in [1.807, 2.05) is 24.3 Å². The molecule has 2 aromatic carbocycles. The van der Waals surface area contributed by atoms with Crippen LogP contribution in [0.15, 0.2) is 42.5 Å². The minimum absolute atomic E-state index is 0.0240. The topological polar surface area (TPSA) is 33.2 Å². The van der Waals surface area contributed by atoms with E-state index in [1.165, 1.54) is 4.90 Å². The molecule has 1 saturated heterocycles. The summed E-state index contributed by atoms with van der Waals surface area (Å²) in [5, 5.41) is 0.923. The number of likely N-dealkylation sites (tertiary alicyclic amines) is 1. The van der Waals surface area contributed by atoms with E-state index in [-0.39, 0.29) is 25.1 Å². The minimum atomic E-state index is -4.99. The lowest BCUT2D eigenvalue weighted by molar-refractivity contribution is -0.143. The number of rotatable bonds is 2. The smallest absolute Gasteiger partial charge is 0.339 e. The van der Waals surface area contributed by atoms with E-state index < -0.39 is 35.0 Å². The third-order valence-electron chi connectivity index (χ3n) is 5.28. The van der Waals surface area contributed by atoms with Gasteiger partial charge in [-0.15, -0.1) is 11.3 Å². The molecule has 2 heterocycles. The quantitative estimate of drug-likeness (QED) is 0.419. The second kappa shape index (κ2) is 7.81. The van der Waals surface area contributed by atoms with E-state index in [0.29, 0.717) is 25.0 Å². The number of nitrogens with zero attached hydrogens (tertiary/aromatic N) is 2. The Balaban J connectivity index is 1.53. The minimum Gasteiger partial charge on any atom is -0.339 e. The van der Waals surface area contributed by atoms with Crippen molar-refractivity contribution in [2.45, 2.75) is 31.1 Å². The molecule has 164 valence electrons. The van der Waals surface area contributed by atoms with E-state index in [9.17, 15) is 31.1 Å². The lowest BCUT2D eigenvalue weighted by atomic mass is 9.96. The predicted molar refractivity (Wildman–Crippen MR) is 104 cm³/mol. The van der Waals surface area contributed by atoms with Crippen molar-refractivity contribution in [2.24, 2.45) is 0 Å². The lowest BCUT2D eigenvalue weighted by Gasteiger charge is -2.31. The molecule has 0 N–H and O–H groups in total. The average molecular weight is 458 g/mol. The van der Waals surface area contributed by atoms with E-state index in [0.717, 1.165) is 15.2 Å². The summed E-state index contributed by atoms with van der Waals surface area (Å²) in [6.45, 7) is 0.466. The summed E-state index contributed by atoms with van der Waals surface area (Å²) in [5.41, 5.74) is -2.71. The Morgan fingerprint density at radius 2 is 1.52 bits per heavy atom. The third-order valence-corrected chi connectivity index (χ3v) is 6.48. The number of hydrogen-bond acceptors (Lipinski definition) is 3. The molecule has 3 nitrogen and oxygen atoms in total. The number of amides is 1. The van der Waals surface area contributed by atoms with Gasteiger partial charge in [0.05, 0.1) is 26.4 Å². The molecule has 3 aromatic rings. The number of carbonyl (C=O) groups is 1. The lowest BCUT2D eigenvalue weighted by Crippen LogP contribution is -2.38. The Kier molecular flexibility index (Phi) is 5.45. The maximum absolute atomic E-state index is 13.1. The van der Waals surface area contributed by atoms with E-state index in [1.54, 1.807) is 11.3 Å². The van der Waals surface area contributed by atoms with Crippen LogP contribution in [0.5, 0.6) is 0 Å². The number of halogens is 6. The first kappa shape index (κ1) is 21.6. The Hall–Kier alpha value is -2.62. The van der Waals surface area contributed by atoms with Gasteiger partial charge in [0, 0.05) is 24.6 Å². The van der Waals surface area contributed by atoms with Gasteiger partial charge >= 0.3 is 12.4 Å². The number of piperidine rings is 1. The molecule has 0 bridgehead atoms. The van der Waals surface area contributed by atoms with E-state index in [4.69, 9.17) is 0 Å². The molecule has 0 radical (unpaired) electrons. The number of carbonyl (C=O) groups excluding carboxylic acids is 1. The van der Waals surface area contributed by atoms with Crippen LogP contribution in [0.2, 0.25) is 0 Å². The van der Waals surface area contributed by atoms with Gasteiger partial charge in [-0.25, -0.2) is 4.98 Å². The number of hydrogen-bond donors (Lipinski definition) is 0. The van der Waals surface area contributed by atoms with Gasteiger partial charge in [-0.1, -0.05) is 12.1 Å². The van der Waals surface area contributed by atoms with Gasteiger partial charge in [-0.2, -0.15) is 26.3 Å². The molecule has 0 atom stereocenters. The van der Waals surface area contributed by atoms with Crippen LogP contribution in [0.3, 0.4) is 0 Å². The summed E-state index contributed by atoms with van der Waals surface area (Å²) in [4.78, 5) is 18.6. The Bertz CT molecular complexity index is 1050. The van der Waals surface area contributed by atoms with Gasteiger partial charge in [0.15, 0.2) is 0 Å². The summed E-state index contributed by atoms with van der Waals surface area (Å²) >= 11 is 1.55. The number of thiazole rings is 1. The highest BCUT2D eigenvalue weighted by Gasteiger charge is 2.38. The average Bonchev–Trinajstić information content (AvgIpc) is 3.16. The summed E-state index contributed by atoms with van der Waals surface area (Å²) in [5.74, 6) is -0.743. The van der Waals surface area contributed by atoms with Gasteiger partial charge in [0.25, 0.3) is 5.91 Å². The first-order chi connectivity index (χ1) is 14.5. The summed E-state index contributed by atoms with van der Waals surface area (Å²) < 4.78 is 79.5. The van der Waals surface area contributed by atoms with Crippen LogP contribution in [0.25, 0.3) is 10.2 Å². The fourth-order valence-corrected chi connectivity index (χ4v) is 4.79. The third kappa shape index (κ3) is 4.53. The maximum atomic E-state index is 13.1. The largest absolute Gasteiger partial charge is 0.416 e. The van der Waals surface area contributed by atoms with Gasteiger partial charge in [0.1, 0.15) is 0 Å². The number of aromatic nitrogens is 1. The fraction of sp³-hybridized carbons (Fsp3) is 0.333. The fourth-order valence-electron chi connectivity index (χ4n) is 3.66. The zero-order chi connectivity index (χ0) is 22.4. The molecule has 10 heteroatoms. The first-order valence-corrected chi connectivity index (χ1v) is 10.3.